The molecule has 4 heteroatoms. The lowest BCUT2D eigenvalue weighted by Crippen LogP contribution is -2.14. The molecule has 0 unspecified atom stereocenters. The Morgan fingerprint density at radius 2 is 1.44 bits per heavy atom. The average molecular weight is 240 g/mol. The van der Waals surface area contributed by atoms with Gasteiger partial charge in [-0.2, -0.15) is 0 Å². The summed E-state index contributed by atoms with van der Waals surface area (Å²) in [5.74, 6) is -1.68. The summed E-state index contributed by atoms with van der Waals surface area (Å²) in [7, 11) is 0. The molecule has 0 aliphatic rings. The number of hydrogen-bond donors (Lipinski definition) is 1. The lowest BCUT2D eigenvalue weighted by atomic mass is 10.1. The van der Waals surface area contributed by atoms with Gasteiger partial charge in [-0.15, -0.1) is 0 Å². The van der Waals surface area contributed by atoms with Crippen LogP contribution in [0.1, 0.15) is 20.7 Å². The molecule has 0 atom stereocenters. The van der Waals surface area contributed by atoms with Crippen molar-refractivity contribution in [1.29, 1.82) is 0 Å². The molecule has 0 aliphatic carbocycles. The first-order valence-corrected chi connectivity index (χ1v) is 5.35. The third-order valence-corrected chi connectivity index (χ3v) is 2.43. The number of benzene rings is 2. The summed E-state index contributed by atoms with van der Waals surface area (Å²) in [5, 5.41) is 13.4. The van der Waals surface area contributed by atoms with Crippen LogP contribution in [0.3, 0.4) is 0 Å². The molecule has 2 aromatic rings. The van der Waals surface area contributed by atoms with Crippen molar-refractivity contribution in [3.05, 3.63) is 65.7 Å². The van der Waals surface area contributed by atoms with Gasteiger partial charge in [0.15, 0.2) is 0 Å². The lowest BCUT2D eigenvalue weighted by Gasteiger charge is -2.07. The Hall–Kier alpha value is -2.62. The van der Waals surface area contributed by atoms with Crippen LogP contribution in [0.25, 0.3) is 0 Å². The van der Waals surface area contributed by atoms with E-state index in [0.29, 0.717) is 5.56 Å². The van der Waals surface area contributed by atoms with Crippen molar-refractivity contribution in [3.8, 4) is 0 Å². The number of para-hydroxylation sites is 1. The van der Waals surface area contributed by atoms with E-state index < -0.39 is 5.97 Å². The quantitative estimate of drug-likeness (QED) is 0.895. The molecule has 0 saturated heterocycles. The van der Waals surface area contributed by atoms with Crippen LogP contribution < -0.4 is 5.32 Å². The van der Waals surface area contributed by atoms with E-state index in [9.17, 15) is 14.7 Å². The fraction of sp³-hybridized carbons (Fsp3) is 0. The monoisotopic (exact) mass is 240 g/mol. The van der Waals surface area contributed by atoms with Crippen LogP contribution in [-0.4, -0.2) is 11.9 Å². The van der Waals surface area contributed by atoms with Crippen molar-refractivity contribution in [2.45, 2.75) is 0 Å². The fourth-order valence-electron chi connectivity index (χ4n) is 1.55. The van der Waals surface area contributed by atoms with E-state index in [4.69, 9.17) is 0 Å². The van der Waals surface area contributed by atoms with Gasteiger partial charge in [-0.1, -0.05) is 30.3 Å². The zero-order valence-corrected chi connectivity index (χ0v) is 9.42. The van der Waals surface area contributed by atoms with Gasteiger partial charge in [0.25, 0.3) is 5.91 Å². The second-order valence-corrected chi connectivity index (χ2v) is 3.65. The average Bonchev–Trinajstić information content (AvgIpc) is 2.40. The highest BCUT2D eigenvalue weighted by Gasteiger charge is 2.13. The SMILES string of the molecule is [O]C(=O)c1ccccc1NC(=O)c1ccccc1. The topological polar surface area (TPSA) is 66.1 Å². The van der Waals surface area contributed by atoms with E-state index >= 15 is 0 Å². The zero-order valence-electron chi connectivity index (χ0n) is 9.42. The van der Waals surface area contributed by atoms with Gasteiger partial charge in [-0.05, 0) is 24.3 Å². The number of hydrogen-bond acceptors (Lipinski definition) is 2. The minimum Gasteiger partial charge on any atom is -0.321 e. The maximum absolute atomic E-state index is 11.9. The number of anilines is 1. The number of amides is 1. The van der Waals surface area contributed by atoms with Crippen LogP contribution >= 0.6 is 0 Å². The Kier molecular flexibility index (Phi) is 3.38. The maximum Gasteiger partial charge on any atom is 0.388 e. The molecule has 4 nitrogen and oxygen atoms in total. The van der Waals surface area contributed by atoms with E-state index in [0.717, 1.165) is 0 Å². The Bertz CT molecular complexity index is 579. The summed E-state index contributed by atoms with van der Waals surface area (Å²) in [6.07, 6.45) is 0. The number of carbonyl (C=O) groups excluding carboxylic acids is 2. The fourth-order valence-corrected chi connectivity index (χ4v) is 1.55. The molecule has 18 heavy (non-hydrogen) atoms. The molecule has 0 spiro atoms. The first-order chi connectivity index (χ1) is 8.68. The molecule has 2 aromatic carbocycles. The van der Waals surface area contributed by atoms with Gasteiger partial charge in [0.05, 0.1) is 11.3 Å². The summed E-state index contributed by atoms with van der Waals surface area (Å²) < 4.78 is 0. The minimum absolute atomic E-state index is 0.0400. The Labute approximate surface area is 104 Å². The summed E-state index contributed by atoms with van der Waals surface area (Å²) >= 11 is 0. The van der Waals surface area contributed by atoms with Crippen LogP contribution in [0.2, 0.25) is 0 Å². The molecule has 89 valence electrons. The number of nitrogens with one attached hydrogen (secondary N) is 1. The molecular weight excluding hydrogens is 230 g/mol. The zero-order chi connectivity index (χ0) is 13.0. The van der Waals surface area contributed by atoms with E-state index in [1.54, 1.807) is 42.5 Å². The Morgan fingerprint density at radius 1 is 0.833 bits per heavy atom. The van der Waals surface area contributed by atoms with E-state index in [-0.39, 0.29) is 17.2 Å². The van der Waals surface area contributed by atoms with Crippen LogP contribution in [0.4, 0.5) is 5.69 Å². The van der Waals surface area contributed by atoms with Crippen LogP contribution in [-0.2, 0) is 5.11 Å². The maximum atomic E-state index is 11.9. The molecular formula is C14H10NO3. The highest BCUT2D eigenvalue weighted by molar-refractivity contribution is 6.07. The van der Waals surface area contributed by atoms with Gasteiger partial charge in [0.2, 0.25) is 0 Å². The summed E-state index contributed by atoms with van der Waals surface area (Å²) in [6, 6.07) is 14.7. The van der Waals surface area contributed by atoms with E-state index in [1.807, 2.05) is 0 Å². The molecule has 1 radical (unpaired) electrons. The predicted molar refractivity (Wildman–Crippen MR) is 65.9 cm³/mol. The lowest BCUT2D eigenvalue weighted by molar-refractivity contribution is 0.0574. The highest BCUT2D eigenvalue weighted by atomic mass is 16.4. The van der Waals surface area contributed by atoms with Gasteiger partial charge in [0.1, 0.15) is 0 Å². The molecule has 0 bridgehead atoms. The van der Waals surface area contributed by atoms with Crippen molar-refractivity contribution in [2.24, 2.45) is 0 Å². The van der Waals surface area contributed by atoms with Crippen molar-refractivity contribution in [3.63, 3.8) is 0 Å². The summed E-state index contributed by atoms with van der Waals surface area (Å²) in [4.78, 5) is 22.7. The summed E-state index contributed by atoms with van der Waals surface area (Å²) in [6.45, 7) is 0. The van der Waals surface area contributed by atoms with Crippen LogP contribution in [0.15, 0.2) is 54.6 Å². The third-order valence-electron chi connectivity index (χ3n) is 2.43. The van der Waals surface area contributed by atoms with Gasteiger partial charge in [-0.25, -0.2) is 9.90 Å². The standard InChI is InChI=1S/C14H10NO3/c16-13(10-6-2-1-3-7-10)15-12-9-5-4-8-11(12)14(17)18/h1-9H,(H,15,16). The molecule has 0 aliphatic heterocycles. The van der Waals surface area contributed by atoms with Crippen molar-refractivity contribution in [2.75, 3.05) is 5.32 Å². The van der Waals surface area contributed by atoms with Crippen molar-refractivity contribution < 1.29 is 14.7 Å². The van der Waals surface area contributed by atoms with Gasteiger partial charge < -0.3 is 5.32 Å². The summed E-state index contributed by atoms with van der Waals surface area (Å²) in [5.41, 5.74) is 0.652. The largest absolute Gasteiger partial charge is 0.388 e. The van der Waals surface area contributed by atoms with E-state index in [1.165, 1.54) is 12.1 Å². The first kappa shape index (κ1) is 11.9. The Balaban J connectivity index is 2.25. The molecule has 1 amide bonds. The Morgan fingerprint density at radius 3 is 2.11 bits per heavy atom. The molecule has 1 N–H and O–H groups in total. The second-order valence-electron chi connectivity index (χ2n) is 3.65. The molecule has 0 saturated carbocycles. The molecule has 0 heterocycles. The third kappa shape index (κ3) is 2.55. The van der Waals surface area contributed by atoms with Crippen molar-refractivity contribution >= 4 is 17.6 Å². The second kappa shape index (κ2) is 5.14. The van der Waals surface area contributed by atoms with Crippen molar-refractivity contribution in [1.82, 2.24) is 0 Å². The predicted octanol–water partition coefficient (Wildman–Crippen LogP) is 2.51. The van der Waals surface area contributed by atoms with E-state index in [2.05, 4.69) is 5.32 Å². The number of carbonyl (C=O) groups is 2. The first-order valence-electron chi connectivity index (χ1n) is 5.35. The number of rotatable bonds is 3. The molecule has 0 aromatic heterocycles. The normalized spacial score (nSPS) is 9.78. The van der Waals surface area contributed by atoms with Gasteiger partial charge >= 0.3 is 5.97 Å². The van der Waals surface area contributed by atoms with Gasteiger partial charge in [-0.3, -0.25) is 4.79 Å². The highest BCUT2D eigenvalue weighted by Crippen LogP contribution is 2.16. The molecule has 2 rings (SSSR count). The minimum atomic E-state index is -1.32. The molecule has 0 fully saturated rings. The van der Waals surface area contributed by atoms with Gasteiger partial charge in [0, 0.05) is 5.56 Å². The van der Waals surface area contributed by atoms with Crippen LogP contribution in [0.5, 0.6) is 0 Å². The van der Waals surface area contributed by atoms with Crippen LogP contribution in [0, 0.1) is 0 Å². The smallest absolute Gasteiger partial charge is 0.321 e.